The zero-order chi connectivity index (χ0) is 16.8. The van der Waals surface area contributed by atoms with E-state index < -0.39 is 5.82 Å². The Bertz CT molecular complexity index is 704. The zero-order valence-electron chi connectivity index (χ0n) is 13.1. The van der Waals surface area contributed by atoms with Gasteiger partial charge in [0.1, 0.15) is 5.82 Å². The molecule has 0 aromatic heterocycles. The highest BCUT2D eigenvalue weighted by Gasteiger charge is 2.08. The average Bonchev–Trinajstić information content (AvgIpc) is 2.56. The molecule has 0 radical (unpaired) electrons. The molecule has 0 saturated heterocycles. The van der Waals surface area contributed by atoms with E-state index >= 15 is 0 Å². The maximum absolute atomic E-state index is 13.3. The quantitative estimate of drug-likeness (QED) is 0.803. The molecule has 6 heteroatoms. The highest BCUT2D eigenvalue weighted by atomic mass is 19.1. The molecule has 0 fully saturated rings. The van der Waals surface area contributed by atoms with Crippen LogP contribution in [0.4, 0.5) is 15.8 Å². The molecule has 2 aromatic rings. The van der Waals surface area contributed by atoms with Crippen LogP contribution in [-0.2, 0) is 11.2 Å². The van der Waals surface area contributed by atoms with Gasteiger partial charge in [0, 0.05) is 12.1 Å². The lowest BCUT2D eigenvalue weighted by molar-refractivity contribution is -0.116. The molecule has 2 aromatic carbocycles. The molecule has 0 heterocycles. The summed E-state index contributed by atoms with van der Waals surface area (Å²) in [4.78, 5) is 11.9. The van der Waals surface area contributed by atoms with Crippen molar-refractivity contribution in [1.29, 1.82) is 0 Å². The van der Waals surface area contributed by atoms with E-state index in [0.29, 0.717) is 23.6 Å². The Morgan fingerprint density at radius 2 is 1.87 bits per heavy atom. The summed E-state index contributed by atoms with van der Waals surface area (Å²) >= 11 is 0. The molecule has 0 aliphatic rings. The Balaban J connectivity index is 1.95. The first kappa shape index (κ1) is 16.6. The molecule has 0 aliphatic heterocycles. The number of carbonyl (C=O) groups is 1. The van der Waals surface area contributed by atoms with E-state index in [1.165, 1.54) is 12.1 Å². The van der Waals surface area contributed by atoms with Crippen molar-refractivity contribution >= 4 is 17.3 Å². The molecule has 0 unspecified atom stereocenters. The molecule has 2 rings (SSSR count). The first-order chi connectivity index (χ1) is 11.0. The van der Waals surface area contributed by atoms with Gasteiger partial charge in [0.05, 0.1) is 19.9 Å². The van der Waals surface area contributed by atoms with Gasteiger partial charge in [0.25, 0.3) is 0 Å². The van der Waals surface area contributed by atoms with Crippen LogP contribution in [0.15, 0.2) is 36.4 Å². The number of carbonyl (C=O) groups excluding carboxylic acids is 1. The van der Waals surface area contributed by atoms with Gasteiger partial charge < -0.3 is 20.5 Å². The Kier molecular flexibility index (Phi) is 5.41. The number of nitrogens with one attached hydrogen (secondary N) is 1. The van der Waals surface area contributed by atoms with E-state index in [1.54, 1.807) is 26.4 Å². The molecule has 0 aliphatic carbocycles. The smallest absolute Gasteiger partial charge is 0.224 e. The number of hydrogen-bond acceptors (Lipinski definition) is 4. The Morgan fingerprint density at radius 1 is 1.13 bits per heavy atom. The molecular weight excluding hydrogens is 299 g/mol. The topological polar surface area (TPSA) is 73.6 Å². The van der Waals surface area contributed by atoms with Crippen LogP contribution in [0.25, 0.3) is 0 Å². The Morgan fingerprint density at radius 3 is 2.52 bits per heavy atom. The number of methoxy groups -OCH3 is 2. The van der Waals surface area contributed by atoms with Gasteiger partial charge in [-0.3, -0.25) is 4.79 Å². The Hall–Kier alpha value is -2.76. The molecule has 0 atom stereocenters. The van der Waals surface area contributed by atoms with Gasteiger partial charge in [-0.2, -0.15) is 0 Å². The molecular formula is C17H19FN2O3. The Labute approximate surface area is 134 Å². The third kappa shape index (κ3) is 4.35. The van der Waals surface area contributed by atoms with Crippen LogP contribution in [-0.4, -0.2) is 20.1 Å². The minimum absolute atomic E-state index is 0.0494. The summed E-state index contributed by atoms with van der Waals surface area (Å²) in [5.74, 6) is 0.496. The van der Waals surface area contributed by atoms with Crippen molar-refractivity contribution in [3.05, 3.63) is 47.8 Å². The zero-order valence-corrected chi connectivity index (χ0v) is 13.1. The highest BCUT2D eigenvalue weighted by molar-refractivity contribution is 5.91. The molecule has 23 heavy (non-hydrogen) atoms. The SMILES string of the molecule is COc1ccc(CCC(=O)Nc2ccc(N)c(F)c2)cc1OC. The largest absolute Gasteiger partial charge is 0.493 e. The van der Waals surface area contributed by atoms with E-state index in [2.05, 4.69) is 5.32 Å². The van der Waals surface area contributed by atoms with Crippen LogP contribution >= 0.6 is 0 Å². The second kappa shape index (κ2) is 7.49. The number of amides is 1. The van der Waals surface area contributed by atoms with Crippen molar-refractivity contribution in [2.24, 2.45) is 0 Å². The van der Waals surface area contributed by atoms with Gasteiger partial charge >= 0.3 is 0 Å². The summed E-state index contributed by atoms with van der Waals surface area (Å²) in [6, 6.07) is 9.67. The molecule has 122 valence electrons. The van der Waals surface area contributed by atoms with E-state index in [-0.39, 0.29) is 18.0 Å². The highest BCUT2D eigenvalue weighted by Crippen LogP contribution is 2.28. The molecule has 0 bridgehead atoms. The van der Waals surface area contributed by atoms with Crippen molar-refractivity contribution in [1.82, 2.24) is 0 Å². The molecule has 0 saturated carbocycles. The fraction of sp³-hybridized carbons (Fsp3) is 0.235. The van der Waals surface area contributed by atoms with Crippen LogP contribution in [0.5, 0.6) is 11.5 Å². The third-order valence-electron chi connectivity index (χ3n) is 3.37. The van der Waals surface area contributed by atoms with E-state index in [1.807, 2.05) is 12.1 Å². The number of rotatable bonds is 6. The predicted molar refractivity (Wildman–Crippen MR) is 87.3 cm³/mol. The van der Waals surface area contributed by atoms with Crippen LogP contribution in [0.3, 0.4) is 0 Å². The first-order valence-electron chi connectivity index (χ1n) is 7.09. The monoisotopic (exact) mass is 318 g/mol. The lowest BCUT2D eigenvalue weighted by Gasteiger charge is -2.10. The van der Waals surface area contributed by atoms with Crippen molar-refractivity contribution in [2.75, 3.05) is 25.3 Å². The fourth-order valence-electron chi connectivity index (χ4n) is 2.12. The van der Waals surface area contributed by atoms with E-state index in [0.717, 1.165) is 5.56 Å². The maximum atomic E-state index is 13.3. The van der Waals surface area contributed by atoms with E-state index in [9.17, 15) is 9.18 Å². The minimum atomic E-state index is -0.553. The van der Waals surface area contributed by atoms with Crippen LogP contribution in [0.2, 0.25) is 0 Å². The lowest BCUT2D eigenvalue weighted by Crippen LogP contribution is -2.12. The van der Waals surface area contributed by atoms with Gasteiger partial charge in [0.15, 0.2) is 11.5 Å². The molecule has 3 N–H and O–H groups in total. The molecule has 5 nitrogen and oxygen atoms in total. The van der Waals surface area contributed by atoms with Crippen LogP contribution < -0.4 is 20.5 Å². The second-order valence-electron chi connectivity index (χ2n) is 4.97. The van der Waals surface area contributed by atoms with Crippen molar-refractivity contribution < 1.29 is 18.7 Å². The van der Waals surface area contributed by atoms with E-state index in [4.69, 9.17) is 15.2 Å². The van der Waals surface area contributed by atoms with Gasteiger partial charge in [-0.1, -0.05) is 6.07 Å². The normalized spacial score (nSPS) is 10.2. The van der Waals surface area contributed by atoms with Crippen molar-refractivity contribution in [3.8, 4) is 11.5 Å². The van der Waals surface area contributed by atoms with Crippen LogP contribution in [0.1, 0.15) is 12.0 Å². The second-order valence-corrected chi connectivity index (χ2v) is 4.97. The number of ether oxygens (including phenoxy) is 2. The number of hydrogen-bond donors (Lipinski definition) is 2. The number of nitrogens with two attached hydrogens (primary N) is 1. The summed E-state index contributed by atoms with van der Waals surface area (Å²) in [6.07, 6.45) is 0.797. The van der Waals surface area contributed by atoms with Crippen molar-refractivity contribution in [2.45, 2.75) is 12.8 Å². The third-order valence-corrected chi connectivity index (χ3v) is 3.37. The maximum Gasteiger partial charge on any atom is 0.224 e. The number of anilines is 2. The van der Waals surface area contributed by atoms with Crippen molar-refractivity contribution in [3.63, 3.8) is 0 Å². The van der Waals surface area contributed by atoms with Gasteiger partial charge in [-0.25, -0.2) is 4.39 Å². The number of halogens is 1. The number of nitrogen functional groups attached to an aromatic ring is 1. The van der Waals surface area contributed by atoms with Gasteiger partial charge in [-0.05, 0) is 42.3 Å². The predicted octanol–water partition coefficient (Wildman–Crippen LogP) is 3.00. The van der Waals surface area contributed by atoms with Gasteiger partial charge in [0.2, 0.25) is 5.91 Å². The summed E-state index contributed by atoms with van der Waals surface area (Å²) in [5, 5.41) is 2.64. The summed E-state index contributed by atoms with van der Waals surface area (Å²) in [6.45, 7) is 0. The molecule has 1 amide bonds. The number of aryl methyl sites for hydroxylation is 1. The average molecular weight is 318 g/mol. The van der Waals surface area contributed by atoms with Crippen LogP contribution in [0, 0.1) is 5.82 Å². The molecule has 0 spiro atoms. The summed E-state index contributed by atoms with van der Waals surface area (Å²) in [7, 11) is 3.13. The fourth-order valence-corrected chi connectivity index (χ4v) is 2.12. The number of benzene rings is 2. The minimum Gasteiger partial charge on any atom is -0.493 e. The standard InChI is InChI=1S/C17H19FN2O3/c1-22-15-7-3-11(9-16(15)23-2)4-8-17(21)20-12-5-6-14(19)13(18)10-12/h3,5-7,9-10H,4,8,19H2,1-2H3,(H,20,21). The first-order valence-corrected chi connectivity index (χ1v) is 7.09. The lowest BCUT2D eigenvalue weighted by atomic mass is 10.1. The summed E-state index contributed by atoms with van der Waals surface area (Å²) < 4.78 is 23.7. The summed E-state index contributed by atoms with van der Waals surface area (Å²) in [5.41, 5.74) is 6.77. The van der Waals surface area contributed by atoms with Gasteiger partial charge in [-0.15, -0.1) is 0 Å².